The Kier molecular flexibility index (Phi) is 2.80. The second-order valence-corrected chi connectivity index (χ2v) is 5.87. The Morgan fingerprint density at radius 1 is 1.63 bits per heavy atom. The zero-order chi connectivity index (χ0) is 13.5. The summed E-state index contributed by atoms with van der Waals surface area (Å²) in [6.45, 7) is 7.61. The maximum Gasteiger partial charge on any atom is 0.237 e. The summed E-state index contributed by atoms with van der Waals surface area (Å²) >= 11 is 3.54. The molecule has 0 aromatic carbocycles. The molecular formula is C14H11BrN4. The highest BCUT2D eigenvalue weighted by Crippen LogP contribution is 2.46. The Morgan fingerprint density at radius 2 is 2.42 bits per heavy atom. The van der Waals surface area contributed by atoms with E-state index in [0.29, 0.717) is 6.54 Å². The van der Waals surface area contributed by atoms with Crippen molar-refractivity contribution in [2.45, 2.75) is 18.4 Å². The summed E-state index contributed by atoms with van der Waals surface area (Å²) in [6.07, 6.45) is 7.11. The summed E-state index contributed by atoms with van der Waals surface area (Å²) in [5, 5.41) is 10.0. The van der Waals surface area contributed by atoms with Crippen molar-refractivity contribution in [1.82, 2.24) is 9.55 Å². The molecule has 3 rings (SSSR count). The van der Waals surface area contributed by atoms with Gasteiger partial charge in [0.05, 0.1) is 17.5 Å². The van der Waals surface area contributed by atoms with Gasteiger partial charge in [-0.05, 0) is 34.8 Å². The molecule has 2 aromatic rings. The van der Waals surface area contributed by atoms with Gasteiger partial charge in [0.25, 0.3) is 0 Å². The van der Waals surface area contributed by atoms with E-state index in [2.05, 4.69) is 36.4 Å². The molecule has 4 nitrogen and oxygen atoms in total. The predicted octanol–water partition coefficient (Wildman–Crippen LogP) is 3.35. The molecule has 19 heavy (non-hydrogen) atoms. The molecule has 0 radical (unpaired) electrons. The molecule has 1 aliphatic rings. The average Bonchev–Trinajstić information content (AvgIpc) is 2.72. The van der Waals surface area contributed by atoms with Gasteiger partial charge in [0, 0.05) is 28.4 Å². The maximum atomic E-state index is 9.00. The summed E-state index contributed by atoms with van der Waals surface area (Å²) in [6, 6.07) is 4.26. The highest BCUT2D eigenvalue weighted by atomic mass is 79.9. The van der Waals surface area contributed by atoms with Gasteiger partial charge in [-0.25, -0.2) is 6.57 Å². The first kappa shape index (κ1) is 12.2. The molecule has 0 bridgehead atoms. The minimum atomic E-state index is -0.228. The van der Waals surface area contributed by atoms with E-state index >= 15 is 0 Å². The largest absolute Gasteiger partial charge is 0.332 e. The third-order valence-electron chi connectivity index (χ3n) is 3.88. The zero-order valence-corrected chi connectivity index (χ0v) is 11.8. The third-order valence-corrected chi connectivity index (χ3v) is 4.51. The van der Waals surface area contributed by atoms with Crippen LogP contribution in [0.25, 0.3) is 15.7 Å². The number of aromatic nitrogens is 2. The summed E-state index contributed by atoms with van der Waals surface area (Å²) < 4.78 is 3.14. The molecule has 2 heterocycles. The Hall–Kier alpha value is -1.85. The minimum Gasteiger partial charge on any atom is -0.332 e. The first-order valence-corrected chi connectivity index (χ1v) is 6.83. The quantitative estimate of drug-likeness (QED) is 0.798. The first-order valence-electron chi connectivity index (χ1n) is 6.04. The number of halogens is 1. The molecule has 1 saturated carbocycles. The van der Waals surface area contributed by atoms with E-state index in [1.807, 2.05) is 18.5 Å². The predicted molar refractivity (Wildman–Crippen MR) is 75.2 cm³/mol. The Morgan fingerprint density at radius 3 is 3.11 bits per heavy atom. The van der Waals surface area contributed by atoms with Crippen LogP contribution in [0.4, 0.5) is 0 Å². The van der Waals surface area contributed by atoms with Crippen molar-refractivity contribution in [3.05, 3.63) is 40.5 Å². The lowest BCUT2D eigenvalue weighted by atomic mass is 9.68. The van der Waals surface area contributed by atoms with Crippen molar-refractivity contribution < 1.29 is 0 Å². The number of hydrogen-bond donors (Lipinski definition) is 0. The highest BCUT2D eigenvalue weighted by Gasteiger charge is 2.49. The topological polar surface area (TPSA) is 46.0 Å². The number of pyridine rings is 1. The standard InChI is InChI=1S/C14H11BrN4/c1-17-9-14(4-10(5-14)6-16)19-8-12(15)11-7-18-3-2-13(11)19/h2-3,7-8,10H,4-5,9H2. The lowest BCUT2D eigenvalue weighted by Crippen LogP contribution is -2.47. The fourth-order valence-corrected chi connectivity index (χ4v) is 3.43. The van der Waals surface area contributed by atoms with Crippen molar-refractivity contribution in [3.8, 4) is 6.07 Å². The van der Waals surface area contributed by atoms with Crippen LogP contribution in [-0.4, -0.2) is 16.1 Å². The van der Waals surface area contributed by atoms with Gasteiger partial charge in [-0.2, -0.15) is 5.26 Å². The summed E-state index contributed by atoms with van der Waals surface area (Å²) in [5.74, 6) is 0.0693. The van der Waals surface area contributed by atoms with E-state index in [-0.39, 0.29) is 11.5 Å². The molecule has 0 saturated heterocycles. The highest BCUT2D eigenvalue weighted by molar-refractivity contribution is 9.10. The van der Waals surface area contributed by atoms with Crippen LogP contribution in [-0.2, 0) is 5.54 Å². The normalized spacial score (nSPS) is 25.5. The monoisotopic (exact) mass is 314 g/mol. The molecule has 94 valence electrons. The number of nitriles is 1. The van der Waals surface area contributed by atoms with Gasteiger partial charge in [0.15, 0.2) is 0 Å². The fourth-order valence-electron chi connectivity index (χ4n) is 2.92. The Labute approximate surface area is 119 Å². The third kappa shape index (κ3) is 1.74. The average molecular weight is 315 g/mol. The van der Waals surface area contributed by atoms with E-state index in [1.54, 1.807) is 6.20 Å². The maximum absolute atomic E-state index is 9.00. The second-order valence-electron chi connectivity index (χ2n) is 5.01. The number of nitrogens with zero attached hydrogens (tertiary/aromatic N) is 4. The van der Waals surface area contributed by atoms with Crippen molar-refractivity contribution in [3.63, 3.8) is 0 Å². The lowest BCUT2D eigenvalue weighted by molar-refractivity contribution is 0.122. The van der Waals surface area contributed by atoms with Crippen LogP contribution in [0.3, 0.4) is 0 Å². The fraction of sp³-hybridized carbons (Fsp3) is 0.357. The van der Waals surface area contributed by atoms with Crippen molar-refractivity contribution in [2.24, 2.45) is 5.92 Å². The van der Waals surface area contributed by atoms with Crippen LogP contribution in [0, 0.1) is 23.8 Å². The van der Waals surface area contributed by atoms with E-state index in [9.17, 15) is 0 Å². The van der Waals surface area contributed by atoms with Crippen LogP contribution in [0.15, 0.2) is 29.1 Å². The molecular weight excluding hydrogens is 304 g/mol. The number of rotatable bonds is 2. The number of hydrogen-bond acceptors (Lipinski definition) is 2. The van der Waals surface area contributed by atoms with Gasteiger partial charge < -0.3 is 9.41 Å². The van der Waals surface area contributed by atoms with Gasteiger partial charge in [0.1, 0.15) is 5.54 Å². The zero-order valence-electron chi connectivity index (χ0n) is 10.2. The molecule has 0 spiro atoms. The van der Waals surface area contributed by atoms with E-state index in [4.69, 9.17) is 11.8 Å². The Bertz CT molecular complexity index is 713. The van der Waals surface area contributed by atoms with E-state index in [1.165, 1.54) is 0 Å². The molecule has 0 amide bonds. The van der Waals surface area contributed by atoms with E-state index in [0.717, 1.165) is 28.2 Å². The van der Waals surface area contributed by atoms with Gasteiger partial charge in [0.2, 0.25) is 6.54 Å². The van der Waals surface area contributed by atoms with Gasteiger partial charge in [-0.15, -0.1) is 0 Å². The van der Waals surface area contributed by atoms with Gasteiger partial charge >= 0.3 is 0 Å². The Balaban J connectivity index is 2.13. The van der Waals surface area contributed by atoms with Crippen LogP contribution in [0.5, 0.6) is 0 Å². The van der Waals surface area contributed by atoms with Crippen molar-refractivity contribution in [1.29, 1.82) is 5.26 Å². The second kappa shape index (κ2) is 4.36. The lowest BCUT2D eigenvalue weighted by Gasteiger charge is -2.42. The molecule has 1 fully saturated rings. The molecule has 0 unspecified atom stereocenters. The molecule has 0 aliphatic heterocycles. The van der Waals surface area contributed by atoms with Crippen LogP contribution >= 0.6 is 15.9 Å². The molecule has 0 N–H and O–H groups in total. The number of fused-ring (bicyclic) bond motifs is 1. The molecule has 1 aliphatic carbocycles. The van der Waals surface area contributed by atoms with Gasteiger partial charge in [-0.3, -0.25) is 4.98 Å². The van der Waals surface area contributed by atoms with Crippen LogP contribution < -0.4 is 0 Å². The van der Waals surface area contributed by atoms with Crippen molar-refractivity contribution >= 4 is 26.8 Å². The summed E-state index contributed by atoms with van der Waals surface area (Å²) in [4.78, 5) is 7.71. The summed E-state index contributed by atoms with van der Waals surface area (Å²) in [5.41, 5.74) is 0.843. The van der Waals surface area contributed by atoms with Gasteiger partial charge in [-0.1, -0.05) is 0 Å². The smallest absolute Gasteiger partial charge is 0.237 e. The molecule has 2 aromatic heterocycles. The first-order chi connectivity index (χ1) is 9.20. The molecule has 0 atom stereocenters. The van der Waals surface area contributed by atoms with Crippen LogP contribution in [0.2, 0.25) is 0 Å². The van der Waals surface area contributed by atoms with Crippen LogP contribution in [0.1, 0.15) is 12.8 Å². The minimum absolute atomic E-state index is 0.0693. The molecule has 5 heteroatoms. The van der Waals surface area contributed by atoms with Crippen molar-refractivity contribution in [2.75, 3.05) is 6.54 Å². The SMILES string of the molecule is [C-]#[N+]CC1(n2cc(Br)c3cnccc32)CC(C#N)C1. The summed E-state index contributed by atoms with van der Waals surface area (Å²) in [7, 11) is 0. The van der Waals surface area contributed by atoms with E-state index < -0.39 is 0 Å².